The number of carbonyl (C=O) groups excluding carboxylic acids is 2. The molecule has 0 spiro atoms. The Labute approximate surface area is 159 Å². The van der Waals surface area contributed by atoms with Gasteiger partial charge in [0.05, 0.1) is 10.9 Å². The minimum Gasteiger partial charge on any atom is -0.325 e. The van der Waals surface area contributed by atoms with E-state index in [4.69, 9.17) is 0 Å². The van der Waals surface area contributed by atoms with E-state index in [9.17, 15) is 14.0 Å². The number of hydrogen-bond acceptors (Lipinski definition) is 5. The molecule has 1 atom stereocenters. The number of nitrogens with zero attached hydrogens (tertiary/aromatic N) is 3. The summed E-state index contributed by atoms with van der Waals surface area (Å²) in [6.07, 6.45) is 1.40. The molecule has 0 aliphatic carbocycles. The smallest absolute Gasteiger partial charge is 0.237 e. The maximum atomic E-state index is 14.0. The molecule has 0 radical (unpaired) electrons. The van der Waals surface area contributed by atoms with Gasteiger partial charge in [0, 0.05) is 11.3 Å². The van der Waals surface area contributed by atoms with Gasteiger partial charge in [-0.05, 0) is 38.1 Å². The molecular formula is C19H17FN4O2S. The van der Waals surface area contributed by atoms with E-state index in [-0.39, 0.29) is 11.7 Å². The molecule has 1 heterocycles. The van der Waals surface area contributed by atoms with E-state index in [1.807, 2.05) is 0 Å². The van der Waals surface area contributed by atoms with E-state index in [1.54, 1.807) is 49.4 Å². The summed E-state index contributed by atoms with van der Waals surface area (Å²) in [6, 6.07) is 13.0. The molecule has 0 unspecified atom stereocenters. The molecule has 1 aromatic heterocycles. The molecule has 0 aliphatic heterocycles. The molecule has 3 rings (SSSR count). The van der Waals surface area contributed by atoms with Gasteiger partial charge in [-0.2, -0.15) is 0 Å². The molecular weight excluding hydrogens is 367 g/mol. The minimum absolute atomic E-state index is 0.0773. The second kappa shape index (κ2) is 8.13. The molecule has 1 N–H and O–H groups in total. The Kier molecular flexibility index (Phi) is 5.66. The van der Waals surface area contributed by atoms with Gasteiger partial charge in [0.15, 0.2) is 10.9 Å². The highest BCUT2D eigenvalue weighted by atomic mass is 32.2. The van der Waals surface area contributed by atoms with Crippen LogP contribution in [0, 0.1) is 5.82 Å². The predicted molar refractivity (Wildman–Crippen MR) is 102 cm³/mol. The van der Waals surface area contributed by atoms with E-state index < -0.39 is 11.1 Å². The van der Waals surface area contributed by atoms with Crippen LogP contribution >= 0.6 is 11.8 Å². The van der Waals surface area contributed by atoms with Gasteiger partial charge in [0.2, 0.25) is 5.91 Å². The lowest BCUT2D eigenvalue weighted by Crippen LogP contribution is -2.23. The first-order valence-electron chi connectivity index (χ1n) is 8.19. The van der Waals surface area contributed by atoms with E-state index in [0.29, 0.717) is 22.1 Å². The summed E-state index contributed by atoms with van der Waals surface area (Å²) in [7, 11) is 0. The van der Waals surface area contributed by atoms with Crippen molar-refractivity contribution < 1.29 is 14.0 Å². The first-order chi connectivity index (χ1) is 13.0. The molecule has 3 aromatic rings. The van der Waals surface area contributed by atoms with Crippen molar-refractivity contribution in [3.63, 3.8) is 0 Å². The number of halogens is 1. The topological polar surface area (TPSA) is 76.9 Å². The number of Topliss-reactive ketones (excluding diaryl/α,β-unsaturated/α-hetero) is 1. The number of aromatic nitrogens is 3. The Bertz CT molecular complexity index is 989. The van der Waals surface area contributed by atoms with Crippen molar-refractivity contribution in [3.8, 4) is 5.69 Å². The van der Waals surface area contributed by atoms with E-state index in [1.165, 1.54) is 23.9 Å². The zero-order valence-electron chi connectivity index (χ0n) is 14.7. The highest BCUT2D eigenvalue weighted by Crippen LogP contribution is 2.26. The van der Waals surface area contributed by atoms with Crippen molar-refractivity contribution in [1.82, 2.24) is 14.8 Å². The highest BCUT2D eigenvalue weighted by molar-refractivity contribution is 8.00. The molecule has 1 amide bonds. The quantitative estimate of drug-likeness (QED) is 0.518. The minimum atomic E-state index is -0.513. The van der Waals surface area contributed by atoms with Crippen LogP contribution in [-0.4, -0.2) is 31.7 Å². The molecule has 8 heteroatoms. The van der Waals surface area contributed by atoms with Gasteiger partial charge in [-0.25, -0.2) is 4.39 Å². The third-order valence-corrected chi connectivity index (χ3v) is 4.87. The number of ketones is 1. The number of carbonyl (C=O) groups is 2. The Morgan fingerprint density at radius 2 is 1.96 bits per heavy atom. The second-order valence-electron chi connectivity index (χ2n) is 5.82. The van der Waals surface area contributed by atoms with Crippen LogP contribution < -0.4 is 5.32 Å². The standard InChI is InChI=1S/C19H17FN4O2S/c1-12(25)14-6-5-7-15(10-14)22-18(26)13(2)27-19-23-21-11-24(19)17-9-4-3-8-16(17)20/h3-11,13H,1-2H3,(H,22,26)/t13-/m1/s1. The molecule has 0 saturated heterocycles. The van der Waals surface area contributed by atoms with Gasteiger partial charge in [-0.15, -0.1) is 10.2 Å². The summed E-state index contributed by atoms with van der Waals surface area (Å²) < 4.78 is 15.5. The van der Waals surface area contributed by atoms with Crippen molar-refractivity contribution in [2.75, 3.05) is 5.32 Å². The van der Waals surface area contributed by atoms with Gasteiger partial charge in [-0.3, -0.25) is 14.2 Å². The Morgan fingerprint density at radius 1 is 1.19 bits per heavy atom. The molecule has 2 aromatic carbocycles. The van der Waals surface area contributed by atoms with Crippen LogP contribution in [0.1, 0.15) is 24.2 Å². The summed E-state index contributed by atoms with van der Waals surface area (Å²) in [4.78, 5) is 23.9. The lowest BCUT2D eigenvalue weighted by Gasteiger charge is -2.13. The number of anilines is 1. The van der Waals surface area contributed by atoms with Gasteiger partial charge >= 0.3 is 0 Å². The van der Waals surface area contributed by atoms with Crippen LogP contribution in [0.5, 0.6) is 0 Å². The van der Waals surface area contributed by atoms with Crippen LogP contribution in [0.25, 0.3) is 5.69 Å². The fourth-order valence-corrected chi connectivity index (χ4v) is 3.22. The summed E-state index contributed by atoms with van der Waals surface area (Å²) >= 11 is 1.16. The zero-order valence-corrected chi connectivity index (χ0v) is 15.5. The Morgan fingerprint density at radius 3 is 2.70 bits per heavy atom. The maximum absolute atomic E-state index is 14.0. The molecule has 27 heavy (non-hydrogen) atoms. The number of benzene rings is 2. The van der Waals surface area contributed by atoms with Crippen LogP contribution in [-0.2, 0) is 4.79 Å². The third kappa shape index (κ3) is 4.40. The summed E-state index contributed by atoms with van der Waals surface area (Å²) in [5.41, 5.74) is 1.37. The number of para-hydroxylation sites is 1. The SMILES string of the molecule is CC(=O)c1cccc(NC(=O)[C@@H](C)Sc2nncn2-c2ccccc2F)c1. The summed E-state index contributed by atoms with van der Waals surface area (Å²) in [5.74, 6) is -0.743. The molecule has 0 aliphatic rings. The van der Waals surface area contributed by atoms with Crippen molar-refractivity contribution >= 4 is 29.1 Å². The average molecular weight is 384 g/mol. The van der Waals surface area contributed by atoms with Gasteiger partial charge < -0.3 is 5.32 Å². The monoisotopic (exact) mass is 384 g/mol. The number of nitrogens with one attached hydrogen (secondary N) is 1. The number of hydrogen-bond donors (Lipinski definition) is 1. The van der Waals surface area contributed by atoms with E-state index in [0.717, 1.165) is 11.8 Å². The predicted octanol–water partition coefficient (Wildman–Crippen LogP) is 3.73. The van der Waals surface area contributed by atoms with Crippen LogP contribution in [0.3, 0.4) is 0 Å². The van der Waals surface area contributed by atoms with E-state index >= 15 is 0 Å². The van der Waals surface area contributed by atoms with Crippen molar-refractivity contribution in [2.45, 2.75) is 24.3 Å². The molecule has 6 nitrogen and oxygen atoms in total. The molecule has 0 bridgehead atoms. The molecule has 0 fully saturated rings. The van der Waals surface area contributed by atoms with Crippen molar-refractivity contribution in [1.29, 1.82) is 0 Å². The maximum Gasteiger partial charge on any atom is 0.237 e. The second-order valence-corrected chi connectivity index (χ2v) is 7.13. The first-order valence-corrected chi connectivity index (χ1v) is 9.07. The van der Waals surface area contributed by atoms with Gasteiger partial charge in [-0.1, -0.05) is 36.0 Å². The Hall–Kier alpha value is -3.00. The van der Waals surface area contributed by atoms with Crippen LogP contribution in [0.4, 0.5) is 10.1 Å². The molecule has 138 valence electrons. The van der Waals surface area contributed by atoms with Gasteiger partial charge in [0.1, 0.15) is 12.1 Å². The first kappa shape index (κ1) is 18.8. The van der Waals surface area contributed by atoms with E-state index in [2.05, 4.69) is 15.5 Å². The zero-order chi connectivity index (χ0) is 19.4. The Balaban J connectivity index is 1.73. The third-order valence-electron chi connectivity index (χ3n) is 3.82. The van der Waals surface area contributed by atoms with Crippen molar-refractivity contribution in [2.24, 2.45) is 0 Å². The summed E-state index contributed by atoms with van der Waals surface area (Å²) in [6.45, 7) is 3.18. The largest absolute Gasteiger partial charge is 0.325 e. The lowest BCUT2D eigenvalue weighted by atomic mass is 10.1. The number of rotatable bonds is 6. The highest BCUT2D eigenvalue weighted by Gasteiger charge is 2.19. The fourth-order valence-electron chi connectivity index (χ4n) is 2.39. The van der Waals surface area contributed by atoms with Crippen LogP contribution in [0.15, 0.2) is 60.0 Å². The fraction of sp³-hybridized carbons (Fsp3) is 0.158. The average Bonchev–Trinajstić information content (AvgIpc) is 3.10. The normalized spacial score (nSPS) is 11.8. The van der Waals surface area contributed by atoms with Crippen molar-refractivity contribution in [3.05, 3.63) is 66.2 Å². The van der Waals surface area contributed by atoms with Crippen LogP contribution in [0.2, 0.25) is 0 Å². The summed E-state index contributed by atoms with van der Waals surface area (Å²) in [5, 5.41) is 10.5. The lowest BCUT2D eigenvalue weighted by molar-refractivity contribution is -0.115. The van der Waals surface area contributed by atoms with Gasteiger partial charge in [0.25, 0.3) is 0 Å². The number of thioether (sulfide) groups is 1. The molecule has 0 saturated carbocycles. The number of amides is 1.